The lowest BCUT2D eigenvalue weighted by Crippen LogP contribution is -2.62. The number of urea groups is 1. The second-order valence-corrected chi connectivity index (χ2v) is 4.76. The van der Waals surface area contributed by atoms with Crippen molar-refractivity contribution < 1.29 is 18.8 Å². The molecule has 1 aliphatic heterocycles. The van der Waals surface area contributed by atoms with E-state index in [1.165, 1.54) is 38.2 Å². The molecule has 1 aliphatic rings. The molecule has 1 atom stereocenters. The molecule has 0 aliphatic carbocycles. The molecule has 1 N–H and O–H groups in total. The van der Waals surface area contributed by atoms with Crippen LogP contribution in [0, 0.1) is 11.2 Å². The average molecular weight is 264 g/mol. The smallest absolute Gasteiger partial charge is 0.277 e. The Kier molecular flexibility index (Phi) is 3.09. The number of rotatable bonds is 2. The van der Waals surface area contributed by atoms with E-state index >= 15 is 0 Å². The number of benzene rings is 1. The number of nitrogens with zero attached hydrogens (tertiary/aromatic N) is 1. The molecule has 1 aromatic rings. The molecule has 1 saturated heterocycles. The van der Waals surface area contributed by atoms with Crippen LogP contribution in [-0.4, -0.2) is 29.8 Å². The van der Waals surface area contributed by atoms with Crippen LogP contribution >= 0.6 is 0 Å². The predicted octanol–water partition coefficient (Wildman–Crippen LogP) is 1.08. The molecular weight excluding hydrogens is 251 g/mol. The van der Waals surface area contributed by atoms with Gasteiger partial charge in [-0.25, -0.2) is 9.18 Å². The highest BCUT2D eigenvalue weighted by molar-refractivity contribution is 6.18. The summed E-state index contributed by atoms with van der Waals surface area (Å²) in [7, 11) is 1.31. The maximum atomic E-state index is 12.8. The minimum atomic E-state index is -1.36. The third-order valence-corrected chi connectivity index (χ3v) is 3.27. The van der Waals surface area contributed by atoms with Gasteiger partial charge in [-0.15, -0.1) is 0 Å². The number of carbonyl (C=O) groups is 3. The largest absolute Gasteiger partial charge is 0.330 e. The van der Waals surface area contributed by atoms with Crippen molar-refractivity contribution in [1.82, 2.24) is 10.2 Å². The first-order valence-corrected chi connectivity index (χ1v) is 5.72. The standard InChI is InChI=1S/C13H13FN2O3/c1-13(7-8-3-5-9(14)6-4-8)10(17)15-12(19)16(2)11(13)18/h3-6H,7H2,1-2H3,(H,15,17,19). The van der Waals surface area contributed by atoms with Crippen LogP contribution < -0.4 is 5.32 Å². The van der Waals surface area contributed by atoms with Crippen LogP contribution in [0.1, 0.15) is 12.5 Å². The van der Waals surface area contributed by atoms with Gasteiger partial charge in [0.1, 0.15) is 11.2 Å². The van der Waals surface area contributed by atoms with Gasteiger partial charge in [0, 0.05) is 7.05 Å². The maximum Gasteiger partial charge on any atom is 0.330 e. The minimum absolute atomic E-state index is 0.107. The summed E-state index contributed by atoms with van der Waals surface area (Å²) in [6.45, 7) is 1.47. The van der Waals surface area contributed by atoms with Gasteiger partial charge in [-0.3, -0.25) is 19.8 Å². The number of hydrogen-bond donors (Lipinski definition) is 1. The summed E-state index contributed by atoms with van der Waals surface area (Å²) < 4.78 is 12.8. The first-order valence-electron chi connectivity index (χ1n) is 5.72. The van der Waals surface area contributed by atoms with Crippen molar-refractivity contribution in [3.8, 4) is 0 Å². The van der Waals surface area contributed by atoms with Gasteiger partial charge in [-0.2, -0.15) is 0 Å². The number of carbonyl (C=O) groups excluding carboxylic acids is 3. The van der Waals surface area contributed by atoms with E-state index in [0.717, 1.165) is 4.90 Å². The maximum absolute atomic E-state index is 12.8. The van der Waals surface area contributed by atoms with Gasteiger partial charge in [0.05, 0.1) is 0 Å². The molecule has 0 radical (unpaired) electrons. The van der Waals surface area contributed by atoms with Gasteiger partial charge in [0.2, 0.25) is 11.8 Å². The Hall–Kier alpha value is -2.24. The summed E-state index contributed by atoms with van der Waals surface area (Å²) in [5.74, 6) is -1.59. The fourth-order valence-electron chi connectivity index (χ4n) is 2.04. The molecule has 0 aromatic heterocycles. The summed E-state index contributed by atoms with van der Waals surface area (Å²) in [5, 5.41) is 2.13. The normalized spacial score (nSPS) is 23.5. The summed E-state index contributed by atoms with van der Waals surface area (Å²) in [6.07, 6.45) is 0.107. The highest BCUT2D eigenvalue weighted by Gasteiger charge is 2.49. The summed E-state index contributed by atoms with van der Waals surface area (Å²) >= 11 is 0. The molecule has 1 fully saturated rings. The van der Waals surface area contributed by atoms with E-state index in [0.29, 0.717) is 5.56 Å². The van der Waals surface area contributed by atoms with Gasteiger partial charge in [-0.1, -0.05) is 12.1 Å². The van der Waals surface area contributed by atoms with E-state index in [2.05, 4.69) is 5.32 Å². The van der Waals surface area contributed by atoms with Crippen molar-refractivity contribution in [3.05, 3.63) is 35.6 Å². The number of imide groups is 2. The zero-order valence-electron chi connectivity index (χ0n) is 10.6. The Morgan fingerprint density at radius 2 is 1.79 bits per heavy atom. The van der Waals surface area contributed by atoms with Crippen molar-refractivity contribution in [2.45, 2.75) is 13.3 Å². The van der Waals surface area contributed by atoms with Crippen LogP contribution in [0.2, 0.25) is 0 Å². The van der Waals surface area contributed by atoms with E-state index in [1.807, 2.05) is 0 Å². The van der Waals surface area contributed by atoms with Crippen LogP contribution in [0.3, 0.4) is 0 Å². The SMILES string of the molecule is CN1C(=O)NC(=O)C(C)(Cc2ccc(F)cc2)C1=O. The lowest BCUT2D eigenvalue weighted by Gasteiger charge is -2.35. The number of barbiturate groups is 1. The fraction of sp³-hybridized carbons (Fsp3) is 0.308. The van der Waals surface area contributed by atoms with E-state index in [4.69, 9.17) is 0 Å². The van der Waals surface area contributed by atoms with Crippen LogP contribution in [0.25, 0.3) is 0 Å². The van der Waals surface area contributed by atoms with Crippen molar-refractivity contribution in [2.75, 3.05) is 7.05 Å². The van der Waals surface area contributed by atoms with E-state index < -0.39 is 23.3 Å². The molecule has 100 valence electrons. The zero-order valence-corrected chi connectivity index (χ0v) is 10.6. The first-order chi connectivity index (χ1) is 8.84. The van der Waals surface area contributed by atoms with Crippen LogP contribution in [0.15, 0.2) is 24.3 Å². The van der Waals surface area contributed by atoms with Crippen LogP contribution in [0.5, 0.6) is 0 Å². The number of hydrogen-bond acceptors (Lipinski definition) is 3. The molecule has 0 spiro atoms. The van der Waals surface area contributed by atoms with Gasteiger partial charge < -0.3 is 0 Å². The van der Waals surface area contributed by atoms with Crippen molar-refractivity contribution in [3.63, 3.8) is 0 Å². The van der Waals surface area contributed by atoms with Gasteiger partial charge in [-0.05, 0) is 31.0 Å². The second-order valence-electron chi connectivity index (χ2n) is 4.76. The molecule has 6 heteroatoms. The Labute approximate surface area is 109 Å². The van der Waals surface area contributed by atoms with Gasteiger partial charge >= 0.3 is 6.03 Å². The van der Waals surface area contributed by atoms with Crippen molar-refractivity contribution in [1.29, 1.82) is 0 Å². The summed E-state index contributed by atoms with van der Waals surface area (Å²) in [6, 6.07) is 4.82. The Bertz CT molecular complexity index is 556. The fourth-order valence-corrected chi connectivity index (χ4v) is 2.04. The molecule has 1 aromatic carbocycles. The molecule has 1 unspecified atom stereocenters. The Balaban J connectivity index is 2.30. The molecule has 0 bridgehead atoms. The number of halogens is 1. The monoisotopic (exact) mass is 264 g/mol. The third-order valence-electron chi connectivity index (χ3n) is 3.27. The quantitative estimate of drug-likeness (QED) is 0.813. The van der Waals surface area contributed by atoms with E-state index in [9.17, 15) is 18.8 Å². The predicted molar refractivity (Wildman–Crippen MR) is 64.5 cm³/mol. The molecule has 0 saturated carbocycles. The number of amides is 4. The zero-order chi connectivity index (χ0) is 14.2. The van der Waals surface area contributed by atoms with Crippen LogP contribution in [0.4, 0.5) is 9.18 Å². The highest BCUT2D eigenvalue weighted by atomic mass is 19.1. The molecule has 2 rings (SSSR count). The van der Waals surface area contributed by atoms with Gasteiger partial charge in [0.25, 0.3) is 0 Å². The van der Waals surface area contributed by atoms with Crippen molar-refractivity contribution >= 4 is 17.8 Å². The minimum Gasteiger partial charge on any atom is -0.277 e. The van der Waals surface area contributed by atoms with Crippen LogP contribution in [-0.2, 0) is 16.0 Å². The molecule has 19 heavy (non-hydrogen) atoms. The number of nitrogens with one attached hydrogen (secondary N) is 1. The highest BCUT2D eigenvalue weighted by Crippen LogP contribution is 2.28. The third kappa shape index (κ3) is 2.21. The first kappa shape index (κ1) is 13.2. The second kappa shape index (κ2) is 4.46. The molecular formula is C13H13FN2O3. The summed E-state index contributed by atoms with van der Waals surface area (Å²) in [4.78, 5) is 36.2. The van der Waals surface area contributed by atoms with E-state index in [1.54, 1.807) is 0 Å². The molecule has 4 amide bonds. The lowest BCUT2D eigenvalue weighted by atomic mass is 9.80. The molecule has 1 heterocycles. The van der Waals surface area contributed by atoms with E-state index in [-0.39, 0.29) is 12.2 Å². The Morgan fingerprint density at radius 1 is 1.21 bits per heavy atom. The van der Waals surface area contributed by atoms with Crippen molar-refractivity contribution in [2.24, 2.45) is 5.41 Å². The topological polar surface area (TPSA) is 66.5 Å². The molecule has 5 nitrogen and oxygen atoms in total. The summed E-state index contributed by atoms with van der Waals surface area (Å²) in [5.41, 5.74) is -0.712. The van der Waals surface area contributed by atoms with Gasteiger partial charge in [0.15, 0.2) is 0 Å². The Morgan fingerprint density at radius 3 is 2.37 bits per heavy atom. The lowest BCUT2D eigenvalue weighted by molar-refractivity contribution is -0.149. The average Bonchev–Trinajstić information content (AvgIpc) is 2.37.